The zero-order valence-corrected chi connectivity index (χ0v) is 13.6. The van der Waals surface area contributed by atoms with Crippen molar-refractivity contribution in [3.63, 3.8) is 0 Å². The largest absolute Gasteiger partial charge is 0.377 e. The van der Waals surface area contributed by atoms with Crippen molar-refractivity contribution in [3.05, 3.63) is 17.7 Å². The van der Waals surface area contributed by atoms with Gasteiger partial charge in [-0.25, -0.2) is 9.97 Å². The highest BCUT2D eigenvalue weighted by Gasteiger charge is 2.32. The van der Waals surface area contributed by atoms with Crippen LogP contribution >= 0.6 is 11.6 Å². The Kier molecular flexibility index (Phi) is 4.86. The van der Waals surface area contributed by atoms with Crippen molar-refractivity contribution in [1.29, 1.82) is 0 Å². The summed E-state index contributed by atoms with van der Waals surface area (Å²) in [5.41, 5.74) is 1.87. The Balaban J connectivity index is 2.27. The Labute approximate surface area is 126 Å². The monoisotopic (exact) mass is 297 g/mol. The van der Waals surface area contributed by atoms with Crippen LogP contribution in [0.15, 0.2) is 6.20 Å². The van der Waals surface area contributed by atoms with Gasteiger partial charge in [-0.05, 0) is 19.8 Å². The van der Waals surface area contributed by atoms with Crippen LogP contribution in [0.4, 0.5) is 5.69 Å². The van der Waals surface area contributed by atoms with Gasteiger partial charge in [0.1, 0.15) is 5.82 Å². The Morgan fingerprint density at radius 2 is 2.25 bits per heavy atom. The third-order valence-corrected chi connectivity index (χ3v) is 4.25. The molecule has 2 rings (SSSR count). The summed E-state index contributed by atoms with van der Waals surface area (Å²) in [6.45, 7) is 8.21. The molecule has 0 saturated carbocycles. The van der Waals surface area contributed by atoms with Crippen molar-refractivity contribution in [3.8, 4) is 0 Å². The van der Waals surface area contributed by atoms with Crippen molar-refractivity contribution in [2.75, 3.05) is 25.1 Å². The van der Waals surface area contributed by atoms with E-state index in [1.165, 1.54) is 0 Å². The summed E-state index contributed by atoms with van der Waals surface area (Å²) in [7, 11) is 1.78. The van der Waals surface area contributed by atoms with Gasteiger partial charge in [-0.3, -0.25) is 0 Å². The number of aromatic nitrogens is 2. The van der Waals surface area contributed by atoms with Crippen LogP contribution in [0.5, 0.6) is 0 Å². The normalized spacial score (nSPS) is 23.4. The van der Waals surface area contributed by atoms with Crippen molar-refractivity contribution >= 4 is 17.3 Å². The highest BCUT2D eigenvalue weighted by molar-refractivity contribution is 6.17. The minimum Gasteiger partial charge on any atom is -0.377 e. The number of nitrogens with zero attached hydrogens (tertiary/aromatic N) is 3. The molecule has 20 heavy (non-hydrogen) atoms. The molecule has 1 aromatic heterocycles. The fourth-order valence-corrected chi connectivity index (χ4v) is 2.84. The maximum atomic E-state index is 6.08. The van der Waals surface area contributed by atoms with Gasteiger partial charge in [0.15, 0.2) is 0 Å². The summed E-state index contributed by atoms with van der Waals surface area (Å²) in [6, 6.07) is 0. The Morgan fingerprint density at radius 1 is 1.50 bits per heavy atom. The second kappa shape index (κ2) is 6.27. The number of methoxy groups -OCH3 is 1. The van der Waals surface area contributed by atoms with Crippen LogP contribution in [0, 0.1) is 0 Å². The molecular formula is C15H24ClN3O. The number of rotatable bonds is 4. The highest BCUT2D eigenvalue weighted by Crippen LogP contribution is 2.30. The van der Waals surface area contributed by atoms with Crippen LogP contribution in [0.25, 0.3) is 0 Å². The van der Waals surface area contributed by atoms with Crippen LogP contribution in [0.3, 0.4) is 0 Å². The standard InChI is InChI=1S/C15H24ClN3O/c1-11(2)14-17-9-13(12(8-16)18-14)19-7-5-6-15(3,10-19)20-4/h9,11H,5-8,10H2,1-4H3. The van der Waals surface area contributed by atoms with Crippen LogP contribution in [0.1, 0.15) is 51.0 Å². The van der Waals surface area contributed by atoms with E-state index in [4.69, 9.17) is 16.3 Å². The number of alkyl halides is 1. The second-order valence-electron chi connectivity index (χ2n) is 6.03. The van der Waals surface area contributed by atoms with Crippen LogP contribution in [-0.2, 0) is 10.6 Å². The van der Waals surface area contributed by atoms with E-state index < -0.39 is 0 Å². The number of ether oxygens (including phenoxy) is 1. The zero-order chi connectivity index (χ0) is 14.8. The van der Waals surface area contributed by atoms with Crippen molar-refractivity contribution in [1.82, 2.24) is 9.97 Å². The summed E-state index contributed by atoms with van der Waals surface area (Å²) in [4.78, 5) is 11.4. The van der Waals surface area contributed by atoms with Gasteiger partial charge in [0.05, 0.1) is 29.1 Å². The summed E-state index contributed by atoms with van der Waals surface area (Å²) < 4.78 is 5.65. The molecule has 1 atom stereocenters. The lowest BCUT2D eigenvalue weighted by Crippen LogP contribution is -2.47. The van der Waals surface area contributed by atoms with Crippen molar-refractivity contribution in [2.45, 2.75) is 51.0 Å². The van der Waals surface area contributed by atoms with E-state index in [0.29, 0.717) is 11.8 Å². The molecule has 1 fully saturated rings. The van der Waals surface area contributed by atoms with E-state index in [1.807, 2.05) is 6.20 Å². The Hall–Kier alpha value is -0.870. The lowest BCUT2D eigenvalue weighted by atomic mass is 9.94. The fourth-order valence-electron chi connectivity index (χ4n) is 2.64. The topological polar surface area (TPSA) is 38.2 Å². The fraction of sp³-hybridized carbons (Fsp3) is 0.733. The third kappa shape index (κ3) is 3.23. The first-order valence-corrected chi connectivity index (χ1v) is 7.74. The molecule has 0 spiro atoms. The first-order chi connectivity index (χ1) is 9.49. The lowest BCUT2D eigenvalue weighted by molar-refractivity contribution is -0.00470. The predicted molar refractivity (Wildman–Crippen MR) is 82.5 cm³/mol. The molecular weight excluding hydrogens is 274 g/mol. The molecule has 0 N–H and O–H groups in total. The third-order valence-electron chi connectivity index (χ3n) is 4.00. The molecule has 0 bridgehead atoms. The Morgan fingerprint density at radius 3 is 2.85 bits per heavy atom. The van der Waals surface area contributed by atoms with E-state index >= 15 is 0 Å². The van der Waals surface area contributed by atoms with Gasteiger partial charge < -0.3 is 9.64 Å². The molecule has 4 nitrogen and oxygen atoms in total. The number of anilines is 1. The summed E-state index contributed by atoms with van der Waals surface area (Å²) in [6.07, 6.45) is 4.11. The predicted octanol–water partition coefficient (Wildman–Crippen LogP) is 3.34. The molecule has 0 aromatic carbocycles. The van der Waals surface area contributed by atoms with E-state index in [2.05, 4.69) is 35.6 Å². The van der Waals surface area contributed by atoms with Crippen molar-refractivity contribution < 1.29 is 4.74 Å². The number of hydrogen-bond acceptors (Lipinski definition) is 4. The second-order valence-corrected chi connectivity index (χ2v) is 6.29. The van der Waals surface area contributed by atoms with Gasteiger partial charge in [-0.2, -0.15) is 0 Å². The number of piperidine rings is 1. The SMILES string of the molecule is COC1(C)CCCN(c2cnc(C(C)C)nc2CCl)C1. The average Bonchev–Trinajstić information content (AvgIpc) is 2.46. The molecule has 1 saturated heterocycles. The summed E-state index contributed by atoms with van der Waals surface area (Å²) in [5.74, 6) is 1.59. The molecule has 1 unspecified atom stereocenters. The van der Waals surface area contributed by atoms with Crippen LogP contribution in [-0.4, -0.2) is 35.8 Å². The summed E-state index contributed by atoms with van der Waals surface area (Å²) >= 11 is 6.08. The van der Waals surface area contributed by atoms with Gasteiger partial charge in [-0.1, -0.05) is 13.8 Å². The smallest absolute Gasteiger partial charge is 0.131 e. The molecule has 1 aliphatic rings. The van der Waals surface area contributed by atoms with Crippen LogP contribution < -0.4 is 4.90 Å². The van der Waals surface area contributed by atoms with Gasteiger partial charge in [-0.15, -0.1) is 11.6 Å². The molecule has 2 heterocycles. The molecule has 0 amide bonds. The van der Waals surface area contributed by atoms with Crippen molar-refractivity contribution in [2.24, 2.45) is 0 Å². The van der Waals surface area contributed by atoms with Gasteiger partial charge in [0, 0.05) is 26.1 Å². The number of halogens is 1. The number of hydrogen-bond donors (Lipinski definition) is 0. The van der Waals surface area contributed by atoms with E-state index in [-0.39, 0.29) is 5.60 Å². The maximum absolute atomic E-state index is 6.08. The first kappa shape index (κ1) is 15.5. The molecule has 0 aliphatic carbocycles. The molecule has 112 valence electrons. The molecule has 0 radical (unpaired) electrons. The van der Waals surface area contributed by atoms with E-state index in [9.17, 15) is 0 Å². The maximum Gasteiger partial charge on any atom is 0.131 e. The van der Waals surface area contributed by atoms with Crippen LogP contribution in [0.2, 0.25) is 0 Å². The van der Waals surface area contributed by atoms with Gasteiger partial charge in [0.25, 0.3) is 0 Å². The minimum absolute atomic E-state index is 0.0987. The summed E-state index contributed by atoms with van der Waals surface area (Å²) in [5, 5.41) is 0. The quantitative estimate of drug-likeness (QED) is 0.799. The van der Waals surface area contributed by atoms with E-state index in [0.717, 1.165) is 43.1 Å². The lowest BCUT2D eigenvalue weighted by Gasteiger charge is -2.41. The molecule has 1 aliphatic heterocycles. The molecule has 5 heteroatoms. The average molecular weight is 298 g/mol. The first-order valence-electron chi connectivity index (χ1n) is 7.21. The van der Waals surface area contributed by atoms with Gasteiger partial charge >= 0.3 is 0 Å². The Bertz CT molecular complexity index is 466. The zero-order valence-electron chi connectivity index (χ0n) is 12.8. The van der Waals surface area contributed by atoms with E-state index in [1.54, 1.807) is 7.11 Å². The highest BCUT2D eigenvalue weighted by atomic mass is 35.5. The molecule has 1 aromatic rings. The van der Waals surface area contributed by atoms with Gasteiger partial charge in [0.2, 0.25) is 0 Å². The minimum atomic E-state index is -0.0987.